The third kappa shape index (κ3) is 2.43. The van der Waals surface area contributed by atoms with Gasteiger partial charge in [-0.15, -0.1) is 0 Å². The van der Waals surface area contributed by atoms with Gasteiger partial charge in [-0.05, 0) is 24.6 Å². The van der Waals surface area contributed by atoms with E-state index in [1.54, 1.807) is 24.3 Å². The minimum absolute atomic E-state index is 0.275. The van der Waals surface area contributed by atoms with E-state index in [9.17, 15) is 9.59 Å². The maximum Gasteiger partial charge on any atom is 0.249 e. The van der Waals surface area contributed by atoms with Crippen LogP contribution in [0.15, 0.2) is 24.3 Å². The topological polar surface area (TPSA) is 86.2 Å². The molecule has 0 atom stereocenters. The highest BCUT2D eigenvalue weighted by Crippen LogP contribution is 2.13. The fraction of sp³-hybridized carbons (Fsp3) is 0.0909. The van der Waals surface area contributed by atoms with Gasteiger partial charge in [0.2, 0.25) is 11.8 Å². The third-order valence-corrected chi connectivity index (χ3v) is 1.95. The van der Waals surface area contributed by atoms with Crippen LogP contribution in [0.25, 0.3) is 6.08 Å². The molecule has 4 heteroatoms. The second kappa shape index (κ2) is 4.41. The number of primary amides is 2. The Morgan fingerprint density at radius 2 is 1.87 bits per heavy atom. The highest BCUT2D eigenvalue weighted by molar-refractivity contribution is 6.00. The number of allylic oxidation sites excluding steroid dienone is 1. The van der Waals surface area contributed by atoms with E-state index >= 15 is 0 Å². The maximum absolute atomic E-state index is 11.1. The molecule has 0 aromatic heterocycles. The minimum Gasteiger partial charge on any atom is -0.366 e. The van der Waals surface area contributed by atoms with Gasteiger partial charge in [-0.1, -0.05) is 18.2 Å². The molecule has 0 aliphatic rings. The van der Waals surface area contributed by atoms with Crippen LogP contribution in [0, 0.1) is 0 Å². The number of carbonyl (C=O) groups excluding carboxylic acids is 2. The van der Waals surface area contributed by atoms with Gasteiger partial charge in [0.05, 0.1) is 0 Å². The summed E-state index contributed by atoms with van der Waals surface area (Å²) >= 11 is 0. The van der Waals surface area contributed by atoms with Gasteiger partial charge >= 0.3 is 0 Å². The van der Waals surface area contributed by atoms with Crippen LogP contribution in [-0.4, -0.2) is 11.8 Å². The highest BCUT2D eigenvalue weighted by atomic mass is 16.1. The van der Waals surface area contributed by atoms with E-state index in [0.29, 0.717) is 11.1 Å². The summed E-state index contributed by atoms with van der Waals surface area (Å²) in [6, 6.07) is 4.60. The summed E-state index contributed by atoms with van der Waals surface area (Å²) in [6.45, 7) is 1.83. The highest BCUT2D eigenvalue weighted by Gasteiger charge is 2.09. The summed E-state index contributed by atoms with van der Waals surface area (Å²) in [7, 11) is 0. The van der Waals surface area contributed by atoms with Crippen molar-refractivity contribution in [2.75, 3.05) is 0 Å². The number of hydrogen-bond donors (Lipinski definition) is 2. The second-order valence-electron chi connectivity index (χ2n) is 3.03. The van der Waals surface area contributed by atoms with Gasteiger partial charge in [0, 0.05) is 11.1 Å². The van der Waals surface area contributed by atoms with Gasteiger partial charge in [-0.2, -0.15) is 0 Å². The average molecular weight is 204 g/mol. The molecule has 15 heavy (non-hydrogen) atoms. The van der Waals surface area contributed by atoms with Crippen LogP contribution >= 0.6 is 0 Å². The molecule has 78 valence electrons. The van der Waals surface area contributed by atoms with Gasteiger partial charge in [0.1, 0.15) is 0 Å². The Bertz CT molecular complexity index is 436. The van der Waals surface area contributed by atoms with Crippen LogP contribution in [-0.2, 0) is 0 Å². The molecule has 0 bridgehead atoms. The number of rotatable bonds is 3. The molecule has 4 nitrogen and oxygen atoms in total. The number of hydrogen-bond acceptors (Lipinski definition) is 2. The molecule has 4 N–H and O–H groups in total. The first-order valence-electron chi connectivity index (χ1n) is 4.42. The Morgan fingerprint density at radius 3 is 2.33 bits per heavy atom. The van der Waals surface area contributed by atoms with Crippen molar-refractivity contribution >= 4 is 17.9 Å². The Labute approximate surface area is 87.6 Å². The average Bonchev–Trinajstić information content (AvgIpc) is 2.18. The Kier molecular flexibility index (Phi) is 3.23. The zero-order valence-corrected chi connectivity index (χ0v) is 8.36. The first kappa shape index (κ1) is 11.0. The molecular formula is C11H12N2O2. The molecule has 0 saturated heterocycles. The monoisotopic (exact) mass is 204 g/mol. The lowest BCUT2D eigenvalue weighted by atomic mass is 10.0. The van der Waals surface area contributed by atoms with Crippen molar-refractivity contribution in [3.05, 3.63) is 41.0 Å². The predicted octanol–water partition coefficient (Wildman–Crippen LogP) is 0.918. The lowest BCUT2D eigenvalue weighted by Crippen LogP contribution is -2.16. The number of amides is 2. The summed E-state index contributed by atoms with van der Waals surface area (Å²) in [4.78, 5) is 22.0. The molecule has 1 aromatic carbocycles. The predicted molar refractivity (Wildman–Crippen MR) is 58.2 cm³/mol. The summed E-state index contributed by atoms with van der Waals surface area (Å²) in [5, 5.41) is 0. The van der Waals surface area contributed by atoms with E-state index in [1.807, 2.05) is 6.92 Å². The molecule has 1 aromatic rings. The fourth-order valence-electron chi connectivity index (χ4n) is 1.25. The number of carbonyl (C=O) groups is 2. The first-order valence-corrected chi connectivity index (χ1v) is 4.42. The zero-order valence-electron chi connectivity index (χ0n) is 8.36. The van der Waals surface area contributed by atoms with Crippen molar-refractivity contribution in [1.82, 2.24) is 0 Å². The van der Waals surface area contributed by atoms with Crippen LogP contribution in [0.5, 0.6) is 0 Å². The zero-order chi connectivity index (χ0) is 11.4. The van der Waals surface area contributed by atoms with Crippen LogP contribution in [0.4, 0.5) is 0 Å². The first-order chi connectivity index (χ1) is 7.06. The van der Waals surface area contributed by atoms with Gasteiger partial charge in [-0.3, -0.25) is 9.59 Å². The maximum atomic E-state index is 11.1. The van der Waals surface area contributed by atoms with E-state index in [0.717, 1.165) is 0 Å². The third-order valence-electron chi connectivity index (χ3n) is 1.95. The number of nitrogens with two attached hydrogens (primary N) is 2. The van der Waals surface area contributed by atoms with E-state index in [1.165, 1.54) is 6.07 Å². The summed E-state index contributed by atoms with van der Waals surface area (Å²) in [6.07, 6.45) is 3.52. The SMILES string of the molecule is C/C=C/c1ccc(C(N)=O)cc1C(N)=O. The van der Waals surface area contributed by atoms with Crippen molar-refractivity contribution < 1.29 is 9.59 Å². The molecule has 0 heterocycles. The van der Waals surface area contributed by atoms with Gasteiger partial charge in [0.25, 0.3) is 0 Å². The Morgan fingerprint density at radius 1 is 1.20 bits per heavy atom. The molecule has 0 aliphatic carbocycles. The van der Waals surface area contributed by atoms with Crippen molar-refractivity contribution in [1.29, 1.82) is 0 Å². The molecule has 0 aliphatic heterocycles. The van der Waals surface area contributed by atoms with E-state index in [2.05, 4.69) is 0 Å². The molecule has 0 unspecified atom stereocenters. The number of benzene rings is 1. The minimum atomic E-state index is -0.579. The Hall–Kier alpha value is -2.10. The molecule has 0 radical (unpaired) electrons. The van der Waals surface area contributed by atoms with E-state index in [-0.39, 0.29) is 5.56 Å². The van der Waals surface area contributed by atoms with Crippen molar-refractivity contribution in [3.63, 3.8) is 0 Å². The lowest BCUT2D eigenvalue weighted by Gasteiger charge is -2.03. The molecule has 0 saturated carbocycles. The van der Waals surface area contributed by atoms with Crippen molar-refractivity contribution in [2.24, 2.45) is 11.5 Å². The fourth-order valence-corrected chi connectivity index (χ4v) is 1.25. The van der Waals surface area contributed by atoms with Crippen LogP contribution in [0.1, 0.15) is 33.2 Å². The van der Waals surface area contributed by atoms with Crippen LogP contribution in [0.3, 0.4) is 0 Å². The van der Waals surface area contributed by atoms with E-state index in [4.69, 9.17) is 11.5 Å². The largest absolute Gasteiger partial charge is 0.366 e. The molecule has 2 amide bonds. The van der Waals surface area contributed by atoms with E-state index < -0.39 is 11.8 Å². The normalized spacial score (nSPS) is 10.5. The van der Waals surface area contributed by atoms with Gasteiger partial charge in [-0.25, -0.2) is 0 Å². The lowest BCUT2D eigenvalue weighted by molar-refractivity contribution is 0.0999. The van der Waals surface area contributed by atoms with Crippen LogP contribution in [0.2, 0.25) is 0 Å². The van der Waals surface area contributed by atoms with Crippen molar-refractivity contribution in [3.8, 4) is 0 Å². The van der Waals surface area contributed by atoms with Gasteiger partial charge < -0.3 is 11.5 Å². The van der Waals surface area contributed by atoms with Crippen molar-refractivity contribution in [2.45, 2.75) is 6.92 Å². The summed E-state index contributed by atoms with van der Waals surface area (Å²) < 4.78 is 0. The molecule has 1 rings (SSSR count). The quantitative estimate of drug-likeness (QED) is 0.766. The standard InChI is InChI=1S/C11H12N2O2/c1-2-3-7-4-5-8(10(12)14)6-9(7)11(13)15/h2-6H,1H3,(H2,12,14)(H2,13,15)/b3-2+. The van der Waals surface area contributed by atoms with Crippen LogP contribution < -0.4 is 11.5 Å². The second-order valence-corrected chi connectivity index (χ2v) is 3.03. The molecule has 0 spiro atoms. The van der Waals surface area contributed by atoms with Gasteiger partial charge in [0.15, 0.2) is 0 Å². The smallest absolute Gasteiger partial charge is 0.249 e. The molecule has 0 fully saturated rings. The summed E-state index contributed by atoms with van der Waals surface area (Å²) in [5.74, 6) is -1.16. The summed E-state index contributed by atoms with van der Waals surface area (Å²) in [5.41, 5.74) is 11.5. The Balaban J connectivity index is 3.33. The molecular weight excluding hydrogens is 192 g/mol.